The minimum Gasteiger partial charge on any atom is -0.298 e. The van der Waals surface area contributed by atoms with Gasteiger partial charge in [0.1, 0.15) is 0 Å². The molecule has 0 aromatic carbocycles. The summed E-state index contributed by atoms with van der Waals surface area (Å²) in [6.45, 7) is 10.3. The van der Waals surface area contributed by atoms with Gasteiger partial charge < -0.3 is 0 Å². The Morgan fingerprint density at radius 1 is 1.36 bits per heavy atom. The summed E-state index contributed by atoms with van der Waals surface area (Å²) in [5.74, 6) is 0.629. The molecular weight excluding hydrogens is 196 g/mol. The van der Waals surface area contributed by atoms with E-state index in [1.165, 1.54) is 26.2 Å². The zero-order chi connectivity index (χ0) is 10.4. The van der Waals surface area contributed by atoms with E-state index in [1.807, 2.05) is 6.08 Å². The van der Waals surface area contributed by atoms with E-state index in [9.17, 15) is 0 Å². The molecule has 1 rings (SSSR count). The van der Waals surface area contributed by atoms with E-state index in [1.54, 1.807) is 0 Å². The molecular formula is C11H21ClN2. The largest absolute Gasteiger partial charge is 0.298 e. The Morgan fingerprint density at radius 2 is 2.14 bits per heavy atom. The number of rotatable bonds is 4. The van der Waals surface area contributed by atoms with Gasteiger partial charge >= 0.3 is 0 Å². The van der Waals surface area contributed by atoms with E-state index in [0.717, 1.165) is 6.54 Å². The first-order valence-corrected chi connectivity index (χ1v) is 5.98. The highest BCUT2D eigenvalue weighted by molar-refractivity contribution is 6.18. The maximum absolute atomic E-state index is 5.58. The van der Waals surface area contributed by atoms with Gasteiger partial charge in [-0.3, -0.25) is 9.80 Å². The van der Waals surface area contributed by atoms with Crippen LogP contribution in [-0.2, 0) is 0 Å². The fraction of sp³-hybridized carbons (Fsp3) is 0.818. The second-order valence-corrected chi connectivity index (χ2v) is 4.17. The summed E-state index contributed by atoms with van der Waals surface area (Å²) < 4.78 is 0. The van der Waals surface area contributed by atoms with Gasteiger partial charge in [0.25, 0.3) is 0 Å². The zero-order valence-electron chi connectivity index (χ0n) is 9.25. The van der Waals surface area contributed by atoms with Crippen LogP contribution in [0.15, 0.2) is 12.2 Å². The summed E-state index contributed by atoms with van der Waals surface area (Å²) in [4.78, 5) is 5.02. The molecule has 0 amide bonds. The van der Waals surface area contributed by atoms with Gasteiger partial charge in [-0.25, -0.2) is 0 Å². The van der Waals surface area contributed by atoms with Crippen LogP contribution in [0.3, 0.4) is 0 Å². The summed E-state index contributed by atoms with van der Waals surface area (Å²) in [6.07, 6.45) is 4.19. The second-order valence-electron chi connectivity index (χ2n) is 3.86. The molecule has 0 bridgehead atoms. The molecule has 3 heteroatoms. The van der Waals surface area contributed by atoms with E-state index < -0.39 is 0 Å². The van der Waals surface area contributed by atoms with Crippen molar-refractivity contribution in [1.29, 1.82) is 0 Å². The van der Waals surface area contributed by atoms with Crippen LogP contribution >= 0.6 is 11.6 Å². The standard InChI is InChI=1S/C11H21ClN2/c1-3-14-9-8-13(10-11(14)2)7-5-4-6-12/h4-5,11H,3,6-10H2,1-2H3. The monoisotopic (exact) mass is 216 g/mol. The lowest BCUT2D eigenvalue weighted by molar-refractivity contribution is 0.0961. The molecule has 1 atom stereocenters. The van der Waals surface area contributed by atoms with Crippen molar-refractivity contribution in [2.45, 2.75) is 19.9 Å². The molecule has 0 N–H and O–H groups in total. The number of halogens is 1. The van der Waals surface area contributed by atoms with Crippen molar-refractivity contribution in [1.82, 2.24) is 9.80 Å². The van der Waals surface area contributed by atoms with Crippen LogP contribution < -0.4 is 0 Å². The Morgan fingerprint density at radius 3 is 2.71 bits per heavy atom. The summed E-state index contributed by atoms with van der Waals surface area (Å²) >= 11 is 5.58. The highest BCUT2D eigenvalue weighted by atomic mass is 35.5. The number of alkyl halides is 1. The smallest absolute Gasteiger partial charge is 0.0404 e. The first-order chi connectivity index (χ1) is 6.77. The van der Waals surface area contributed by atoms with Crippen molar-refractivity contribution >= 4 is 11.6 Å². The number of allylic oxidation sites excluding steroid dienone is 1. The van der Waals surface area contributed by atoms with Gasteiger partial charge in [-0.2, -0.15) is 0 Å². The van der Waals surface area contributed by atoms with Gasteiger partial charge in [0, 0.05) is 38.1 Å². The molecule has 1 fully saturated rings. The number of nitrogens with zero attached hydrogens (tertiary/aromatic N) is 2. The van der Waals surface area contributed by atoms with Crippen molar-refractivity contribution in [3.63, 3.8) is 0 Å². The molecule has 1 aliphatic heterocycles. The van der Waals surface area contributed by atoms with Crippen LogP contribution in [0.2, 0.25) is 0 Å². The van der Waals surface area contributed by atoms with Crippen LogP contribution in [0.1, 0.15) is 13.8 Å². The van der Waals surface area contributed by atoms with E-state index in [-0.39, 0.29) is 0 Å². The van der Waals surface area contributed by atoms with Gasteiger partial charge in [-0.1, -0.05) is 19.1 Å². The van der Waals surface area contributed by atoms with Gasteiger partial charge in [-0.05, 0) is 13.5 Å². The molecule has 0 aliphatic carbocycles. The number of hydrogen-bond acceptors (Lipinski definition) is 2. The average molecular weight is 217 g/mol. The van der Waals surface area contributed by atoms with Crippen molar-refractivity contribution in [3.05, 3.63) is 12.2 Å². The van der Waals surface area contributed by atoms with Crippen molar-refractivity contribution < 1.29 is 0 Å². The van der Waals surface area contributed by atoms with Gasteiger partial charge in [0.15, 0.2) is 0 Å². The molecule has 1 saturated heterocycles. The number of hydrogen-bond donors (Lipinski definition) is 0. The molecule has 14 heavy (non-hydrogen) atoms. The minimum atomic E-state index is 0.629. The fourth-order valence-electron chi connectivity index (χ4n) is 1.99. The van der Waals surface area contributed by atoms with Crippen molar-refractivity contribution in [3.8, 4) is 0 Å². The molecule has 1 heterocycles. The SMILES string of the molecule is CCN1CCN(CC=CCCl)CC1C. The first-order valence-electron chi connectivity index (χ1n) is 5.45. The fourth-order valence-corrected chi connectivity index (χ4v) is 2.12. The molecule has 1 aliphatic rings. The third-order valence-corrected chi connectivity index (χ3v) is 3.05. The van der Waals surface area contributed by atoms with Crippen molar-refractivity contribution in [2.75, 3.05) is 38.6 Å². The van der Waals surface area contributed by atoms with Gasteiger partial charge in [0.2, 0.25) is 0 Å². The third kappa shape index (κ3) is 3.60. The Kier molecular flexibility index (Phi) is 5.53. The summed E-state index contributed by atoms with van der Waals surface area (Å²) in [6, 6.07) is 0.693. The molecule has 0 spiro atoms. The van der Waals surface area contributed by atoms with Crippen LogP contribution in [0, 0.1) is 0 Å². The van der Waals surface area contributed by atoms with Crippen LogP contribution in [0.5, 0.6) is 0 Å². The van der Waals surface area contributed by atoms with Crippen LogP contribution in [0.25, 0.3) is 0 Å². The predicted molar refractivity (Wildman–Crippen MR) is 63.0 cm³/mol. The van der Waals surface area contributed by atoms with Crippen LogP contribution in [0.4, 0.5) is 0 Å². The van der Waals surface area contributed by atoms with E-state index in [0.29, 0.717) is 11.9 Å². The molecule has 0 radical (unpaired) electrons. The second kappa shape index (κ2) is 6.44. The number of piperazine rings is 1. The Labute approximate surface area is 92.5 Å². The lowest BCUT2D eigenvalue weighted by Gasteiger charge is -2.38. The van der Waals surface area contributed by atoms with Crippen molar-refractivity contribution in [2.24, 2.45) is 0 Å². The van der Waals surface area contributed by atoms with Crippen LogP contribution in [-0.4, -0.2) is 54.4 Å². The molecule has 1 unspecified atom stereocenters. The Balaban J connectivity index is 2.27. The lowest BCUT2D eigenvalue weighted by Crippen LogP contribution is -2.51. The zero-order valence-corrected chi connectivity index (χ0v) is 10.0. The van der Waals surface area contributed by atoms with E-state index in [4.69, 9.17) is 11.6 Å². The average Bonchev–Trinajstić information content (AvgIpc) is 2.18. The van der Waals surface area contributed by atoms with Gasteiger partial charge in [0.05, 0.1) is 0 Å². The first kappa shape index (κ1) is 12.0. The van der Waals surface area contributed by atoms with E-state index in [2.05, 4.69) is 29.7 Å². The Hall–Kier alpha value is -0.0500. The number of likely N-dealkylation sites (N-methyl/N-ethyl adjacent to an activating group) is 1. The molecule has 2 nitrogen and oxygen atoms in total. The maximum atomic E-state index is 5.58. The highest BCUT2D eigenvalue weighted by Gasteiger charge is 2.20. The quantitative estimate of drug-likeness (QED) is 0.523. The summed E-state index contributed by atoms with van der Waals surface area (Å²) in [5, 5.41) is 0. The molecule has 0 aromatic heterocycles. The minimum absolute atomic E-state index is 0.629. The normalized spacial score (nSPS) is 26.1. The third-order valence-electron chi connectivity index (χ3n) is 2.87. The molecule has 0 saturated carbocycles. The maximum Gasteiger partial charge on any atom is 0.0404 e. The topological polar surface area (TPSA) is 6.48 Å². The summed E-state index contributed by atoms with van der Waals surface area (Å²) in [5.41, 5.74) is 0. The molecule has 82 valence electrons. The highest BCUT2D eigenvalue weighted by Crippen LogP contribution is 2.08. The summed E-state index contributed by atoms with van der Waals surface area (Å²) in [7, 11) is 0. The van der Waals surface area contributed by atoms with Gasteiger partial charge in [-0.15, -0.1) is 11.6 Å². The molecule has 0 aromatic rings. The Bertz CT molecular complexity index is 182. The lowest BCUT2D eigenvalue weighted by atomic mass is 10.2. The van der Waals surface area contributed by atoms with E-state index >= 15 is 0 Å². The predicted octanol–water partition coefficient (Wildman–Crippen LogP) is 1.81.